The van der Waals surface area contributed by atoms with E-state index in [0.29, 0.717) is 13.1 Å². The monoisotopic (exact) mass is 292 g/mol. The van der Waals surface area contributed by atoms with Crippen LogP contribution in [0.4, 0.5) is 0 Å². The summed E-state index contributed by atoms with van der Waals surface area (Å²) in [6.07, 6.45) is 5.96. The molecule has 0 aromatic rings. The average molecular weight is 292 g/mol. The molecule has 0 bridgehead atoms. The highest BCUT2D eigenvalue weighted by Gasteiger charge is 2.29. The van der Waals surface area contributed by atoms with Crippen molar-refractivity contribution < 1.29 is 13.5 Å². The Morgan fingerprint density at radius 1 is 1.42 bits per heavy atom. The van der Waals surface area contributed by atoms with E-state index in [9.17, 15) is 8.42 Å². The first-order valence-electron chi connectivity index (χ1n) is 7.37. The van der Waals surface area contributed by atoms with Crippen molar-refractivity contribution in [2.24, 2.45) is 5.92 Å². The molecule has 6 heteroatoms. The zero-order chi connectivity index (χ0) is 14.3. The number of hydrogen-bond donors (Lipinski definition) is 2. The van der Waals surface area contributed by atoms with E-state index in [4.69, 9.17) is 5.11 Å². The Labute approximate surface area is 117 Å². The molecule has 2 atom stereocenters. The van der Waals surface area contributed by atoms with E-state index in [1.807, 2.05) is 6.92 Å². The number of rotatable bonds is 8. The minimum Gasteiger partial charge on any atom is -0.396 e. The van der Waals surface area contributed by atoms with Gasteiger partial charge in [-0.15, -0.1) is 0 Å². The highest BCUT2D eigenvalue weighted by Crippen LogP contribution is 2.18. The first-order chi connectivity index (χ1) is 8.99. The van der Waals surface area contributed by atoms with Crippen molar-refractivity contribution in [3.8, 4) is 0 Å². The molecule has 114 valence electrons. The van der Waals surface area contributed by atoms with Gasteiger partial charge in [-0.3, -0.25) is 0 Å². The minimum atomic E-state index is -3.39. The maximum atomic E-state index is 12.2. The van der Waals surface area contributed by atoms with Gasteiger partial charge in [-0.1, -0.05) is 26.2 Å². The molecule has 1 heterocycles. The van der Waals surface area contributed by atoms with Crippen LogP contribution in [0, 0.1) is 5.92 Å². The Morgan fingerprint density at radius 3 is 2.79 bits per heavy atom. The third-order valence-corrected chi connectivity index (χ3v) is 5.38. The molecule has 5 nitrogen and oxygen atoms in total. The molecular formula is C13H28N2O3S. The van der Waals surface area contributed by atoms with Gasteiger partial charge in [0.1, 0.15) is 0 Å². The Kier molecular flexibility index (Phi) is 7.28. The molecule has 1 aliphatic rings. The van der Waals surface area contributed by atoms with Crippen molar-refractivity contribution in [2.45, 2.75) is 58.4 Å². The molecule has 1 rings (SSSR count). The fourth-order valence-corrected chi connectivity index (χ4v) is 4.03. The van der Waals surface area contributed by atoms with Crippen molar-refractivity contribution >= 4 is 10.2 Å². The van der Waals surface area contributed by atoms with Crippen LogP contribution in [-0.2, 0) is 10.2 Å². The van der Waals surface area contributed by atoms with Crippen LogP contribution in [0.5, 0.6) is 0 Å². The SMILES string of the molecule is CCCCCC(C)NS(=O)(=O)N1CCCC(CO)C1. The van der Waals surface area contributed by atoms with Crippen molar-refractivity contribution in [3.63, 3.8) is 0 Å². The highest BCUT2D eigenvalue weighted by atomic mass is 32.2. The summed E-state index contributed by atoms with van der Waals surface area (Å²) >= 11 is 0. The van der Waals surface area contributed by atoms with E-state index in [1.54, 1.807) is 0 Å². The van der Waals surface area contributed by atoms with E-state index in [2.05, 4.69) is 11.6 Å². The summed E-state index contributed by atoms with van der Waals surface area (Å²) in [5.41, 5.74) is 0. The van der Waals surface area contributed by atoms with Crippen LogP contribution in [0.2, 0.25) is 0 Å². The normalized spacial score (nSPS) is 23.4. The summed E-state index contributed by atoms with van der Waals surface area (Å²) in [5.74, 6) is 0.0840. The number of piperidine rings is 1. The predicted octanol–water partition coefficient (Wildman–Crippen LogP) is 1.49. The lowest BCUT2D eigenvalue weighted by atomic mass is 10.0. The van der Waals surface area contributed by atoms with Crippen LogP contribution < -0.4 is 4.72 Å². The summed E-state index contributed by atoms with van der Waals surface area (Å²) in [4.78, 5) is 0. The average Bonchev–Trinajstić information content (AvgIpc) is 2.38. The van der Waals surface area contributed by atoms with Crippen LogP contribution >= 0.6 is 0 Å². The van der Waals surface area contributed by atoms with Gasteiger partial charge in [0.2, 0.25) is 0 Å². The van der Waals surface area contributed by atoms with Crippen LogP contribution in [0.3, 0.4) is 0 Å². The topological polar surface area (TPSA) is 69.6 Å². The number of nitrogens with zero attached hydrogens (tertiary/aromatic N) is 1. The molecule has 2 unspecified atom stereocenters. The Bertz CT molecular complexity index is 346. The summed E-state index contributed by atoms with van der Waals surface area (Å²) in [6, 6.07) is -0.0222. The highest BCUT2D eigenvalue weighted by molar-refractivity contribution is 7.87. The summed E-state index contributed by atoms with van der Waals surface area (Å²) < 4.78 is 28.7. The van der Waals surface area contributed by atoms with E-state index in [0.717, 1.165) is 38.5 Å². The second kappa shape index (κ2) is 8.19. The lowest BCUT2D eigenvalue weighted by Gasteiger charge is -2.31. The van der Waals surface area contributed by atoms with Crippen LogP contribution in [-0.4, -0.2) is 43.6 Å². The van der Waals surface area contributed by atoms with Crippen LogP contribution in [0.1, 0.15) is 52.4 Å². The van der Waals surface area contributed by atoms with Gasteiger partial charge in [-0.2, -0.15) is 17.4 Å². The lowest BCUT2D eigenvalue weighted by Crippen LogP contribution is -2.48. The van der Waals surface area contributed by atoms with Gasteiger partial charge in [0, 0.05) is 25.7 Å². The van der Waals surface area contributed by atoms with Gasteiger partial charge < -0.3 is 5.11 Å². The molecule has 0 aromatic heterocycles. The smallest absolute Gasteiger partial charge is 0.279 e. The molecule has 1 saturated heterocycles. The van der Waals surface area contributed by atoms with Gasteiger partial charge in [0.25, 0.3) is 10.2 Å². The zero-order valence-electron chi connectivity index (χ0n) is 12.1. The molecule has 0 aliphatic carbocycles. The maximum Gasteiger partial charge on any atom is 0.279 e. The van der Waals surface area contributed by atoms with Gasteiger partial charge in [0.15, 0.2) is 0 Å². The first-order valence-corrected chi connectivity index (χ1v) is 8.81. The molecule has 0 saturated carbocycles. The predicted molar refractivity (Wildman–Crippen MR) is 77.0 cm³/mol. The zero-order valence-corrected chi connectivity index (χ0v) is 13.0. The largest absolute Gasteiger partial charge is 0.396 e. The van der Waals surface area contributed by atoms with Crippen LogP contribution in [0.25, 0.3) is 0 Å². The maximum absolute atomic E-state index is 12.2. The van der Waals surface area contributed by atoms with Gasteiger partial charge in [-0.05, 0) is 32.1 Å². The van der Waals surface area contributed by atoms with Gasteiger partial charge in [0.05, 0.1) is 0 Å². The number of aliphatic hydroxyl groups excluding tert-OH is 1. The summed E-state index contributed by atoms with van der Waals surface area (Å²) in [6.45, 7) is 5.12. The van der Waals surface area contributed by atoms with E-state index < -0.39 is 10.2 Å². The van der Waals surface area contributed by atoms with E-state index in [1.165, 1.54) is 4.31 Å². The molecule has 2 N–H and O–H groups in total. The van der Waals surface area contributed by atoms with Crippen molar-refractivity contribution in [3.05, 3.63) is 0 Å². The summed E-state index contributed by atoms with van der Waals surface area (Å²) in [5, 5.41) is 9.16. The van der Waals surface area contributed by atoms with Crippen molar-refractivity contribution in [2.75, 3.05) is 19.7 Å². The summed E-state index contributed by atoms with van der Waals surface area (Å²) in [7, 11) is -3.39. The van der Waals surface area contributed by atoms with Crippen molar-refractivity contribution in [1.82, 2.24) is 9.03 Å². The quantitative estimate of drug-likeness (QED) is 0.666. The molecule has 0 aromatic carbocycles. The molecule has 0 amide bonds. The molecule has 1 aliphatic heterocycles. The second-order valence-electron chi connectivity index (χ2n) is 5.57. The van der Waals surface area contributed by atoms with Crippen LogP contribution in [0.15, 0.2) is 0 Å². The lowest BCUT2D eigenvalue weighted by molar-refractivity contribution is 0.164. The number of hydrogen-bond acceptors (Lipinski definition) is 3. The Hall–Kier alpha value is -0.170. The third-order valence-electron chi connectivity index (χ3n) is 3.67. The standard InChI is InChI=1S/C13H28N2O3S/c1-3-4-5-7-12(2)14-19(17,18)15-9-6-8-13(10-15)11-16/h12-14,16H,3-11H2,1-2H3. The molecule has 0 spiro atoms. The molecule has 0 radical (unpaired) electrons. The van der Waals surface area contributed by atoms with Gasteiger partial charge >= 0.3 is 0 Å². The Morgan fingerprint density at radius 2 is 2.16 bits per heavy atom. The first kappa shape index (κ1) is 16.9. The molecule has 19 heavy (non-hydrogen) atoms. The number of aliphatic hydroxyl groups is 1. The Balaban J connectivity index is 2.45. The van der Waals surface area contributed by atoms with Crippen molar-refractivity contribution in [1.29, 1.82) is 0 Å². The number of nitrogens with one attached hydrogen (secondary N) is 1. The van der Waals surface area contributed by atoms with E-state index in [-0.39, 0.29) is 18.6 Å². The van der Waals surface area contributed by atoms with Gasteiger partial charge in [-0.25, -0.2) is 0 Å². The van der Waals surface area contributed by atoms with E-state index >= 15 is 0 Å². The fraction of sp³-hybridized carbons (Fsp3) is 1.00. The minimum absolute atomic E-state index is 0.0222. The number of unbranched alkanes of at least 4 members (excludes halogenated alkanes) is 2. The fourth-order valence-electron chi connectivity index (χ4n) is 2.48. The molecule has 1 fully saturated rings. The second-order valence-corrected chi connectivity index (χ2v) is 7.27. The molecular weight excluding hydrogens is 264 g/mol. The third kappa shape index (κ3) is 5.77.